The molecule has 68 valence electrons. The van der Waals surface area contributed by atoms with Crippen molar-refractivity contribution < 1.29 is 0 Å². The van der Waals surface area contributed by atoms with Gasteiger partial charge in [-0.1, -0.05) is 12.1 Å². The quantitative estimate of drug-likeness (QED) is 0.607. The number of hydrogen-bond donors (Lipinski definition) is 2. The number of hydrogen-bond acceptors (Lipinski definition) is 2. The lowest BCUT2D eigenvalue weighted by Crippen LogP contribution is -1.78. The van der Waals surface area contributed by atoms with Gasteiger partial charge in [0.15, 0.2) is 0 Å². The lowest BCUT2D eigenvalue weighted by Gasteiger charge is -1.97. The van der Waals surface area contributed by atoms with Gasteiger partial charge in [0.1, 0.15) is 0 Å². The van der Waals surface area contributed by atoms with Crippen LogP contribution in [0.1, 0.15) is 0 Å². The highest BCUT2D eigenvalue weighted by Crippen LogP contribution is 2.24. The molecule has 0 atom stereocenters. The van der Waals surface area contributed by atoms with Gasteiger partial charge in [0.2, 0.25) is 0 Å². The third-order valence-corrected chi connectivity index (χ3v) is 2.28. The summed E-state index contributed by atoms with van der Waals surface area (Å²) in [6.45, 7) is 0. The van der Waals surface area contributed by atoms with E-state index in [2.05, 4.69) is 20.4 Å². The zero-order chi connectivity index (χ0) is 9.38. The lowest BCUT2D eigenvalue weighted by molar-refractivity contribution is 1.10. The van der Waals surface area contributed by atoms with Gasteiger partial charge < -0.3 is 0 Å². The molecule has 0 fully saturated rings. The molecule has 0 saturated heterocycles. The molecule has 0 amide bonds. The molecule has 2 heterocycles. The van der Waals surface area contributed by atoms with Crippen LogP contribution in [0.2, 0.25) is 0 Å². The Morgan fingerprint density at radius 2 is 2.00 bits per heavy atom. The molecule has 14 heavy (non-hydrogen) atoms. The van der Waals surface area contributed by atoms with E-state index in [1.54, 1.807) is 6.20 Å². The topological polar surface area (TPSA) is 57.4 Å². The van der Waals surface area contributed by atoms with Crippen LogP contribution in [0.15, 0.2) is 36.7 Å². The molecule has 2 N–H and O–H groups in total. The molecule has 0 bridgehead atoms. The minimum atomic E-state index is 1.01. The van der Waals surface area contributed by atoms with Crippen molar-refractivity contribution in [1.29, 1.82) is 0 Å². The van der Waals surface area contributed by atoms with Crippen molar-refractivity contribution in [2.45, 2.75) is 0 Å². The first-order valence-electron chi connectivity index (χ1n) is 4.37. The Morgan fingerprint density at radius 1 is 1.00 bits per heavy atom. The van der Waals surface area contributed by atoms with Gasteiger partial charge in [-0.3, -0.25) is 10.2 Å². The Bertz CT molecular complexity index is 550. The molecule has 3 aromatic rings. The van der Waals surface area contributed by atoms with Crippen LogP contribution in [0, 0.1) is 0 Å². The van der Waals surface area contributed by atoms with Crippen LogP contribution in [-0.4, -0.2) is 20.4 Å². The molecular formula is C10H8N4. The van der Waals surface area contributed by atoms with E-state index in [9.17, 15) is 0 Å². The molecule has 4 nitrogen and oxygen atoms in total. The number of benzene rings is 1. The minimum absolute atomic E-state index is 1.01. The molecule has 0 radical (unpaired) electrons. The van der Waals surface area contributed by atoms with Crippen molar-refractivity contribution in [2.24, 2.45) is 0 Å². The summed E-state index contributed by atoms with van der Waals surface area (Å²) in [6, 6.07) is 7.99. The van der Waals surface area contributed by atoms with Gasteiger partial charge in [-0.15, -0.1) is 0 Å². The van der Waals surface area contributed by atoms with Crippen LogP contribution in [0.5, 0.6) is 0 Å². The second-order valence-corrected chi connectivity index (χ2v) is 3.11. The summed E-state index contributed by atoms with van der Waals surface area (Å²) in [5.74, 6) is 0. The van der Waals surface area contributed by atoms with E-state index in [0.29, 0.717) is 0 Å². The SMILES string of the molecule is c1cc(-c2ccn[nH]2)c2cn[nH]c2c1. The zero-order valence-corrected chi connectivity index (χ0v) is 7.36. The van der Waals surface area contributed by atoms with E-state index < -0.39 is 0 Å². The van der Waals surface area contributed by atoms with Gasteiger partial charge in [0.25, 0.3) is 0 Å². The Morgan fingerprint density at radius 3 is 2.86 bits per heavy atom. The summed E-state index contributed by atoms with van der Waals surface area (Å²) in [7, 11) is 0. The standard InChI is InChI=1S/C10H8N4/c1-2-7(10-4-5-11-13-10)8-6-12-14-9(8)3-1/h1-6H,(H,11,13)(H,12,14). The normalized spacial score (nSPS) is 10.9. The van der Waals surface area contributed by atoms with Crippen molar-refractivity contribution >= 4 is 10.9 Å². The highest BCUT2D eigenvalue weighted by atomic mass is 15.1. The summed E-state index contributed by atoms with van der Waals surface area (Å²) in [5.41, 5.74) is 3.17. The second-order valence-electron chi connectivity index (χ2n) is 3.11. The smallest absolute Gasteiger partial charge is 0.0657 e. The predicted molar refractivity (Wildman–Crippen MR) is 53.7 cm³/mol. The molecule has 0 aliphatic carbocycles. The van der Waals surface area contributed by atoms with Crippen molar-refractivity contribution in [3.05, 3.63) is 36.7 Å². The predicted octanol–water partition coefficient (Wildman–Crippen LogP) is 1.95. The summed E-state index contributed by atoms with van der Waals surface area (Å²) >= 11 is 0. The van der Waals surface area contributed by atoms with E-state index >= 15 is 0 Å². The van der Waals surface area contributed by atoms with Crippen LogP contribution in [0.3, 0.4) is 0 Å². The van der Waals surface area contributed by atoms with Crippen LogP contribution < -0.4 is 0 Å². The summed E-state index contributed by atoms with van der Waals surface area (Å²) in [4.78, 5) is 0. The largest absolute Gasteiger partial charge is 0.278 e. The molecule has 0 saturated carbocycles. The fourth-order valence-electron chi connectivity index (χ4n) is 1.61. The number of aromatic nitrogens is 4. The van der Waals surface area contributed by atoms with Crippen molar-refractivity contribution in [2.75, 3.05) is 0 Å². The number of rotatable bonds is 1. The molecule has 2 aromatic heterocycles. The van der Waals surface area contributed by atoms with E-state index in [1.807, 2.05) is 30.5 Å². The average Bonchev–Trinajstić information content (AvgIpc) is 2.88. The average molecular weight is 184 g/mol. The molecule has 3 rings (SSSR count). The fourth-order valence-corrected chi connectivity index (χ4v) is 1.61. The summed E-state index contributed by atoms with van der Waals surface area (Å²) in [5, 5.41) is 14.9. The molecule has 1 aromatic carbocycles. The number of nitrogens with one attached hydrogen (secondary N) is 2. The van der Waals surface area contributed by atoms with Crippen LogP contribution in [0.4, 0.5) is 0 Å². The lowest BCUT2D eigenvalue weighted by atomic mass is 10.1. The summed E-state index contributed by atoms with van der Waals surface area (Å²) < 4.78 is 0. The maximum absolute atomic E-state index is 4.01. The van der Waals surface area contributed by atoms with Gasteiger partial charge in [-0.2, -0.15) is 10.2 Å². The third kappa shape index (κ3) is 0.939. The van der Waals surface area contributed by atoms with Crippen LogP contribution in [-0.2, 0) is 0 Å². The Balaban J connectivity index is 2.36. The number of fused-ring (bicyclic) bond motifs is 1. The molecule has 4 heteroatoms. The maximum atomic E-state index is 4.01. The van der Waals surface area contributed by atoms with Crippen molar-refractivity contribution in [3.63, 3.8) is 0 Å². The van der Waals surface area contributed by atoms with Gasteiger partial charge in [-0.05, 0) is 12.1 Å². The van der Waals surface area contributed by atoms with Crippen molar-refractivity contribution in [1.82, 2.24) is 20.4 Å². The van der Waals surface area contributed by atoms with E-state index in [4.69, 9.17) is 0 Å². The molecule has 0 unspecified atom stereocenters. The Hall–Kier alpha value is -2.10. The maximum Gasteiger partial charge on any atom is 0.0657 e. The van der Waals surface area contributed by atoms with E-state index in [0.717, 1.165) is 22.2 Å². The Labute approximate surface area is 80.0 Å². The highest BCUT2D eigenvalue weighted by molar-refractivity contribution is 5.93. The molecule has 0 spiro atoms. The zero-order valence-electron chi connectivity index (χ0n) is 7.36. The first-order chi connectivity index (χ1) is 6.95. The number of H-pyrrole nitrogens is 2. The van der Waals surface area contributed by atoms with E-state index in [1.165, 1.54) is 0 Å². The Kier molecular flexibility index (Phi) is 1.41. The molecular weight excluding hydrogens is 176 g/mol. The molecule has 0 aliphatic heterocycles. The highest BCUT2D eigenvalue weighted by Gasteiger charge is 2.04. The van der Waals surface area contributed by atoms with Gasteiger partial charge in [0.05, 0.1) is 17.4 Å². The van der Waals surface area contributed by atoms with Gasteiger partial charge in [0, 0.05) is 17.1 Å². The monoisotopic (exact) mass is 184 g/mol. The number of aromatic amines is 2. The van der Waals surface area contributed by atoms with Gasteiger partial charge in [-0.25, -0.2) is 0 Å². The van der Waals surface area contributed by atoms with Crippen molar-refractivity contribution in [3.8, 4) is 11.3 Å². The first-order valence-corrected chi connectivity index (χ1v) is 4.37. The minimum Gasteiger partial charge on any atom is -0.278 e. The second kappa shape index (κ2) is 2.70. The van der Waals surface area contributed by atoms with Gasteiger partial charge >= 0.3 is 0 Å². The summed E-state index contributed by atoms with van der Waals surface area (Å²) in [6.07, 6.45) is 3.57. The van der Waals surface area contributed by atoms with Crippen LogP contribution in [0.25, 0.3) is 22.2 Å². The van der Waals surface area contributed by atoms with E-state index in [-0.39, 0.29) is 0 Å². The third-order valence-electron chi connectivity index (χ3n) is 2.28. The first kappa shape index (κ1) is 7.32. The fraction of sp³-hybridized carbons (Fsp3) is 0. The molecule has 0 aliphatic rings. The number of nitrogens with zero attached hydrogens (tertiary/aromatic N) is 2. The van der Waals surface area contributed by atoms with Crippen LogP contribution >= 0.6 is 0 Å².